The zero-order valence-electron chi connectivity index (χ0n) is 27.0. The van der Waals surface area contributed by atoms with Crippen LogP contribution in [-0.4, -0.2) is 72.3 Å². The van der Waals surface area contributed by atoms with Crippen LogP contribution in [0.5, 0.6) is 11.5 Å². The van der Waals surface area contributed by atoms with Gasteiger partial charge in [-0.25, -0.2) is 17.6 Å². The average Bonchev–Trinajstić information content (AvgIpc) is 3.11. The Morgan fingerprint density at radius 3 is 2.29 bits per heavy atom. The van der Waals surface area contributed by atoms with E-state index >= 15 is 4.39 Å². The standard InChI is InChI=1S/C33H37FN4O8S2/c1-32(2,3)46-31(42)37-25-18-47-27-16-24(34)23(28(35)36-19-33(4,30(40)41)48(5,43)44)15-26(27)38(29(25)39)17-20-11-13-22(14-12-20)45-21-9-7-6-8-10-21/h6-16,25H,17-19H2,1-5H3,(H2,35,36)(H,37,42)(H,40,41)/t25-,33?/m0/s1. The van der Waals surface area contributed by atoms with Gasteiger partial charge in [-0.2, -0.15) is 0 Å². The summed E-state index contributed by atoms with van der Waals surface area (Å²) < 4.78 is 48.9. The van der Waals surface area contributed by atoms with Crippen LogP contribution in [0.25, 0.3) is 0 Å². The fourth-order valence-corrected chi connectivity index (χ4v) is 6.16. The Morgan fingerprint density at radius 1 is 1.08 bits per heavy atom. The van der Waals surface area contributed by atoms with Crippen molar-refractivity contribution in [3.8, 4) is 11.5 Å². The molecule has 4 rings (SSSR count). The van der Waals surface area contributed by atoms with Gasteiger partial charge < -0.3 is 30.5 Å². The average molecular weight is 701 g/mol. The van der Waals surface area contributed by atoms with Gasteiger partial charge in [0.05, 0.1) is 24.3 Å². The number of nitrogens with zero attached hydrogens (tertiary/aromatic N) is 2. The Kier molecular flexibility index (Phi) is 10.7. The van der Waals surface area contributed by atoms with Crippen LogP contribution < -0.4 is 20.7 Å². The first-order valence-corrected chi connectivity index (χ1v) is 17.6. The number of hydrogen-bond donors (Lipinski definition) is 3. The molecule has 1 unspecified atom stereocenters. The number of amides is 2. The van der Waals surface area contributed by atoms with E-state index in [1.807, 2.05) is 30.3 Å². The summed E-state index contributed by atoms with van der Waals surface area (Å²) in [6.45, 7) is 5.27. The number of aliphatic carboxylic acids is 1. The molecule has 0 saturated heterocycles. The molecular formula is C33H37FN4O8S2. The SMILES string of the molecule is CC(C)(C)OC(=O)N[C@H]1CSc2cc(F)c(C(N)=NCC(C)(C(=O)O)S(C)(=O)=O)cc2N(Cc2ccc(Oc3ccccc3)cc2)C1=O. The van der Waals surface area contributed by atoms with Gasteiger partial charge in [-0.3, -0.25) is 14.6 Å². The van der Waals surface area contributed by atoms with Gasteiger partial charge in [0.2, 0.25) is 0 Å². The van der Waals surface area contributed by atoms with E-state index in [0.29, 0.717) is 22.0 Å². The molecule has 2 amide bonds. The topological polar surface area (TPSA) is 178 Å². The number of carbonyl (C=O) groups excluding carboxylic acids is 2. The molecule has 1 aliphatic heterocycles. The van der Waals surface area contributed by atoms with Gasteiger partial charge in [-0.15, -0.1) is 11.8 Å². The van der Waals surface area contributed by atoms with Crippen molar-refractivity contribution < 1.29 is 41.8 Å². The van der Waals surface area contributed by atoms with Crippen LogP contribution in [-0.2, 0) is 30.7 Å². The quantitative estimate of drug-likeness (QED) is 0.198. The smallest absolute Gasteiger partial charge is 0.408 e. The number of para-hydroxylation sites is 1. The summed E-state index contributed by atoms with van der Waals surface area (Å²) in [6, 6.07) is 17.6. The van der Waals surface area contributed by atoms with Crippen LogP contribution in [0.2, 0.25) is 0 Å². The number of fused-ring (bicyclic) bond motifs is 1. The van der Waals surface area contributed by atoms with E-state index in [1.54, 1.807) is 45.0 Å². The van der Waals surface area contributed by atoms with Crippen molar-refractivity contribution in [2.45, 2.75) is 55.5 Å². The molecule has 256 valence electrons. The maximum Gasteiger partial charge on any atom is 0.408 e. The number of carboxylic acid groups (broad SMARTS) is 1. The second-order valence-corrected chi connectivity index (χ2v) is 15.8. The second-order valence-electron chi connectivity index (χ2n) is 12.3. The molecule has 4 N–H and O–H groups in total. The molecule has 12 nitrogen and oxygen atoms in total. The highest BCUT2D eigenvalue weighted by Crippen LogP contribution is 2.38. The molecule has 0 aromatic heterocycles. The number of sulfone groups is 1. The number of carboxylic acids is 1. The van der Waals surface area contributed by atoms with Crippen LogP contribution in [0, 0.1) is 5.82 Å². The van der Waals surface area contributed by atoms with Gasteiger partial charge in [0.25, 0.3) is 5.91 Å². The second kappa shape index (κ2) is 14.2. The normalized spacial score (nSPS) is 16.7. The lowest BCUT2D eigenvalue weighted by Gasteiger charge is -2.27. The highest BCUT2D eigenvalue weighted by Gasteiger charge is 2.44. The third-order valence-electron chi connectivity index (χ3n) is 7.34. The zero-order valence-corrected chi connectivity index (χ0v) is 28.7. The van der Waals surface area contributed by atoms with Crippen LogP contribution >= 0.6 is 11.8 Å². The van der Waals surface area contributed by atoms with E-state index in [-0.39, 0.29) is 23.5 Å². The largest absolute Gasteiger partial charge is 0.480 e. The summed E-state index contributed by atoms with van der Waals surface area (Å²) in [4.78, 5) is 44.2. The lowest BCUT2D eigenvalue weighted by Crippen LogP contribution is -2.50. The Bertz CT molecular complexity index is 1830. The molecule has 0 spiro atoms. The van der Waals surface area contributed by atoms with Crippen molar-refractivity contribution in [2.24, 2.45) is 10.7 Å². The predicted molar refractivity (Wildman–Crippen MR) is 181 cm³/mol. The first-order valence-electron chi connectivity index (χ1n) is 14.7. The number of halogens is 1. The van der Waals surface area contributed by atoms with Crippen LogP contribution in [0.15, 0.2) is 76.6 Å². The number of nitrogens with two attached hydrogens (primary N) is 1. The molecule has 48 heavy (non-hydrogen) atoms. The predicted octanol–water partition coefficient (Wildman–Crippen LogP) is 4.74. The fraction of sp³-hybridized carbons (Fsp3) is 0.333. The number of hydrogen-bond acceptors (Lipinski definition) is 9. The van der Waals surface area contributed by atoms with Gasteiger partial charge in [0.15, 0.2) is 14.6 Å². The third-order valence-corrected chi connectivity index (χ3v) is 10.4. The molecule has 2 atom stereocenters. The molecule has 3 aromatic carbocycles. The molecule has 1 aliphatic rings. The lowest BCUT2D eigenvalue weighted by molar-refractivity contribution is -0.139. The van der Waals surface area contributed by atoms with Crippen molar-refractivity contribution in [3.63, 3.8) is 0 Å². The van der Waals surface area contributed by atoms with Gasteiger partial charge >= 0.3 is 12.1 Å². The van der Waals surface area contributed by atoms with Crippen molar-refractivity contribution >= 4 is 51.1 Å². The van der Waals surface area contributed by atoms with Crippen molar-refractivity contribution in [1.29, 1.82) is 0 Å². The minimum Gasteiger partial charge on any atom is -0.480 e. The fourth-order valence-electron chi connectivity index (χ4n) is 4.47. The monoisotopic (exact) mass is 700 g/mol. The number of nitrogens with one attached hydrogen (secondary N) is 1. The summed E-state index contributed by atoms with van der Waals surface area (Å²) in [5.74, 6) is -2.18. The van der Waals surface area contributed by atoms with Gasteiger partial charge in [-0.1, -0.05) is 30.3 Å². The van der Waals surface area contributed by atoms with E-state index in [9.17, 15) is 27.9 Å². The Hall–Kier alpha value is -4.63. The Morgan fingerprint density at radius 2 is 1.71 bits per heavy atom. The Labute approximate surface area is 282 Å². The first-order chi connectivity index (χ1) is 22.4. The maximum atomic E-state index is 15.5. The summed E-state index contributed by atoms with van der Waals surface area (Å²) >= 11 is 1.13. The highest BCUT2D eigenvalue weighted by atomic mass is 32.2. The van der Waals surface area contributed by atoms with E-state index < -0.39 is 62.4 Å². The number of benzene rings is 3. The van der Waals surface area contributed by atoms with E-state index in [0.717, 1.165) is 31.0 Å². The molecule has 0 aliphatic carbocycles. The van der Waals surface area contributed by atoms with Crippen LogP contribution in [0.1, 0.15) is 38.8 Å². The molecule has 0 radical (unpaired) electrons. The Balaban J connectivity index is 1.71. The third kappa shape index (κ3) is 8.63. The highest BCUT2D eigenvalue weighted by molar-refractivity contribution is 7.99. The number of anilines is 1. The number of thioether (sulfide) groups is 1. The molecule has 1 heterocycles. The van der Waals surface area contributed by atoms with Crippen molar-refractivity contribution in [3.05, 3.63) is 83.7 Å². The molecule has 0 bridgehead atoms. The van der Waals surface area contributed by atoms with E-state index in [4.69, 9.17) is 15.2 Å². The summed E-state index contributed by atoms with van der Waals surface area (Å²) in [5.41, 5.74) is 5.95. The molecule has 15 heteroatoms. The van der Waals surface area contributed by atoms with Crippen molar-refractivity contribution in [2.75, 3.05) is 23.5 Å². The number of rotatable bonds is 10. The molecule has 0 saturated carbocycles. The first kappa shape index (κ1) is 36.2. The number of amidine groups is 1. The van der Waals surface area contributed by atoms with Gasteiger partial charge in [0, 0.05) is 16.9 Å². The van der Waals surface area contributed by atoms with Crippen LogP contribution in [0.3, 0.4) is 0 Å². The van der Waals surface area contributed by atoms with E-state index in [2.05, 4.69) is 10.3 Å². The zero-order chi connectivity index (χ0) is 35.4. The summed E-state index contributed by atoms with van der Waals surface area (Å²) in [7, 11) is -4.14. The maximum absolute atomic E-state index is 15.5. The minimum atomic E-state index is -4.14. The van der Waals surface area contributed by atoms with E-state index in [1.165, 1.54) is 11.0 Å². The molecule has 3 aromatic rings. The summed E-state index contributed by atoms with van der Waals surface area (Å²) in [5, 5.41) is 12.2. The number of carbonyl (C=O) groups is 3. The van der Waals surface area contributed by atoms with Crippen LogP contribution in [0.4, 0.5) is 14.9 Å². The number of alkyl carbamates (subject to hydrolysis) is 1. The minimum absolute atomic E-state index is 0.00219. The van der Waals surface area contributed by atoms with Gasteiger partial charge in [-0.05, 0) is 69.7 Å². The molecular weight excluding hydrogens is 664 g/mol. The number of ether oxygens (including phenoxy) is 2. The molecule has 0 fully saturated rings. The summed E-state index contributed by atoms with van der Waals surface area (Å²) in [6.07, 6.45) is -0.0381. The number of aliphatic imine (C=N–C) groups is 1. The lowest BCUT2D eigenvalue weighted by atomic mass is 10.1. The van der Waals surface area contributed by atoms with Gasteiger partial charge in [0.1, 0.15) is 34.8 Å². The van der Waals surface area contributed by atoms with Crippen molar-refractivity contribution in [1.82, 2.24) is 5.32 Å².